The Morgan fingerprint density at radius 1 is 1.25 bits per heavy atom. The number of fused-ring (bicyclic) bond motifs is 3. The summed E-state index contributed by atoms with van der Waals surface area (Å²) in [5, 5.41) is 3.15. The van der Waals surface area contributed by atoms with Crippen LogP contribution in [-0.4, -0.2) is 43.3 Å². The van der Waals surface area contributed by atoms with Gasteiger partial charge in [-0.25, -0.2) is 0 Å². The molecule has 3 aliphatic heterocycles. The molecule has 2 fully saturated rings. The van der Waals surface area contributed by atoms with E-state index < -0.39 is 0 Å². The van der Waals surface area contributed by atoms with E-state index in [4.69, 9.17) is 9.47 Å². The van der Waals surface area contributed by atoms with Gasteiger partial charge in [0.2, 0.25) is 6.79 Å². The number of piperidine rings is 1. The minimum Gasteiger partial charge on any atom is -0.454 e. The molecule has 0 aliphatic carbocycles. The summed E-state index contributed by atoms with van der Waals surface area (Å²) in [5.41, 5.74) is 0.641. The fraction of sp³-hybridized carbons (Fsp3) is 0.533. The van der Waals surface area contributed by atoms with Crippen LogP contribution in [-0.2, 0) is 0 Å². The maximum absolute atomic E-state index is 12.3. The molecular weight excluding hydrogens is 256 g/mol. The summed E-state index contributed by atoms with van der Waals surface area (Å²) in [6.45, 7) is 3.60. The highest BCUT2D eigenvalue weighted by molar-refractivity contribution is 5.95. The number of nitrogens with one attached hydrogen (secondary N) is 1. The highest BCUT2D eigenvalue weighted by atomic mass is 16.7. The van der Waals surface area contributed by atoms with E-state index in [-0.39, 0.29) is 18.7 Å². The quantitative estimate of drug-likeness (QED) is 0.881. The van der Waals surface area contributed by atoms with E-state index >= 15 is 0 Å². The molecule has 1 N–H and O–H groups in total. The minimum atomic E-state index is -0.0178. The highest BCUT2D eigenvalue weighted by Gasteiger charge is 2.33. The van der Waals surface area contributed by atoms with Gasteiger partial charge in [0.25, 0.3) is 5.91 Å². The van der Waals surface area contributed by atoms with Crippen molar-refractivity contribution >= 4 is 5.91 Å². The van der Waals surface area contributed by atoms with E-state index in [1.54, 1.807) is 18.2 Å². The molecule has 4 rings (SSSR count). The third-order valence-corrected chi connectivity index (χ3v) is 4.44. The Labute approximate surface area is 117 Å². The molecule has 0 radical (unpaired) electrons. The summed E-state index contributed by atoms with van der Waals surface area (Å²) in [7, 11) is 0. The molecule has 5 heteroatoms. The fourth-order valence-electron chi connectivity index (χ4n) is 3.47. The van der Waals surface area contributed by atoms with Crippen LogP contribution >= 0.6 is 0 Å². The van der Waals surface area contributed by atoms with Crippen LogP contribution in [0.5, 0.6) is 11.5 Å². The Morgan fingerprint density at radius 3 is 3.05 bits per heavy atom. The Bertz CT molecular complexity index is 534. The molecular formula is C15H18N2O3. The lowest BCUT2D eigenvalue weighted by Crippen LogP contribution is -2.47. The van der Waals surface area contributed by atoms with Crippen molar-refractivity contribution in [1.82, 2.24) is 10.2 Å². The standard InChI is InChI=1S/C15H18N2O3/c18-15(11-1-2-13-14(6-11)20-9-19-13)16-12-5-10-3-4-17(7-10)8-12/h1-2,6,10,12H,3-5,7-9H2,(H,16,18). The Balaban J connectivity index is 1.45. The molecule has 1 aromatic carbocycles. The summed E-state index contributed by atoms with van der Waals surface area (Å²) in [4.78, 5) is 14.8. The van der Waals surface area contributed by atoms with Crippen molar-refractivity contribution in [2.75, 3.05) is 26.4 Å². The van der Waals surface area contributed by atoms with Crippen LogP contribution in [0.2, 0.25) is 0 Å². The lowest BCUT2D eigenvalue weighted by atomic mass is 9.96. The van der Waals surface area contributed by atoms with Gasteiger partial charge in [-0.1, -0.05) is 0 Å². The maximum atomic E-state index is 12.3. The monoisotopic (exact) mass is 274 g/mol. The number of hydrogen-bond acceptors (Lipinski definition) is 4. The molecule has 3 atom stereocenters. The van der Waals surface area contributed by atoms with E-state index in [0.717, 1.165) is 18.9 Å². The Kier molecular flexibility index (Phi) is 2.80. The maximum Gasteiger partial charge on any atom is 0.251 e. The van der Waals surface area contributed by atoms with Crippen molar-refractivity contribution in [3.05, 3.63) is 23.8 Å². The van der Waals surface area contributed by atoms with Crippen molar-refractivity contribution < 1.29 is 14.3 Å². The zero-order valence-electron chi connectivity index (χ0n) is 11.3. The van der Waals surface area contributed by atoms with Gasteiger partial charge in [0, 0.05) is 24.7 Å². The van der Waals surface area contributed by atoms with Gasteiger partial charge in [0.15, 0.2) is 11.5 Å². The van der Waals surface area contributed by atoms with Crippen molar-refractivity contribution in [1.29, 1.82) is 0 Å². The number of carbonyl (C=O) groups is 1. The van der Waals surface area contributed by atoms with Gasteiger partial charge in [-0.05, 0) is 43.5 Å². The second-order valence-corrected chi connectivity index (χ2v) is 5.89. The molecule has 2 bridgehead atoms. The molecule has 1 aromatic rings. The number of benzene rings is 1. The van der Waals surface area contributed by atoms with Crippen LogP contribution in [0.3, 0.4) is 0 Å². The zero-order chi connectivity index (χ0) is 13.5. The molecule has 20 heavy (non-hydrogen) atoms. The van der Waals surface area contributed by atoms with E-state index in [2.05, 4.69) is 10.2 Å². The lowest BCUT2D eigenvalue weighted by molar-refractivity contribution is 0.0909. The number of rotatable bonds is 2. The lowest BCUT2D eigenvalue weighted by Gasteiger charge is -2.30. The van der Waals surface area contributed by atoms with Gasteiger partial charge in [-0.2, -0.15) is 0 Å². The first-order chi connectivity index (χ1) is 9.78. The summed E-state index contributed by atoms with van der Waals surface area (Å²) in [5.74, 6) is 2.11. The molecule has 1 amide bonds. The average Bonchev–Trinajstić information content (AvgIpc) is 3.04. The normalized spacial score (nSPS) is 30.3. The van der Waals surface area contributed by atoms with Crippen LogP contribution in [0.1, 0.15) is 23.2 Å². The number of nitrogens with zero attached hydrogens (tertiary/aromatic N) is 1. The summed E-state index contributed by atoms with van der Waals surface area (Å²) < 4.78 is 10.6. The van der Waals surface area contributed by atoms with E-state index in [9.17, 15) is 4.79 Å². The fourth-order valence-corrected chi connectivity index (χ4v) is 3.47. The molecule has 3 unspecified atom stereocenters. The number of ether oxygens (including phenoxy) is 2. The van der Waals surface area contributed by atoms with Crippen LogP contribution in [0.4, 0.5) is 0 Å². The van der Waals surface area contributed by atoms with Crippen LogP contribution in [0, 0.1) is 5.92 Å². The van der Waals surface area contributed by atoms with E-state index in [0.29, 0.717) is 17.1 Å². The SMILES string of the molecule is O=C(NC1CC2CCN(C2)C1)c1ccc2c(c1)OCO2. The first kappa shape index (κ1) is 12.0. The van der Waals surface area contributed by atoms with Crippen LogP contribution < -0.4 is 14.8 Å². The molecule has 106 valence electrons. The third kappa shape index (κ3) is 2.12. The molecule has 0 aromatic heterocycles. The second kappa shape index (κ2) is 4.66. The summed E-state index contributed by atoms with van der Waals surface area (Å²) in [6.07, 6.45) is 2.38. The van der Waals surface area contributed by atoms with Gasteiger partial charge in [-0.3, -0.25) is 4.79 Å². The van der Waals surface area contributed by atoms with E-state index in [1.165, 1.54) is 19.5 Å². The molecule has 3 aliphatic rings. The van der Waals surface area contributed by atoms with Gasteiger partial charge < -0.3 is 19.7 Å². The summed E-state index contributed by atoms with van der Waals surface area (Å²) in [6, 6.07) is 5.62. The Hall–Kier alpha value is -1.75. The predicted molar refractivity (Wildman–Crippen MR) is 73.0 cm³/mol. The number of hydrogen-bond donors (Lipinski definition) is 1. The van der Waals surface area contributed by atoms with Crippen molar-refractivity contribution in [2.45, 2.75) is 18.9 Å². The van der Waals surface area contributed by atoms with Gasteiger partial charge in [0.1, 0.15) is 0 Å². The van der Waals surface area contributed by atoms with Gasteiger partial charge in [-0.15, -0.1) is 0 Å². The average molecular weight is 274 g/mol. The zero-order valence-corrected chi connectivity index (χ0v) is 11.3. The smallest absolute Gasteiger partial charge is 0.251 e. The van der Waals surface area contributed by atoms with Crippen molar-refractivity contribution in [3.8, 4) is 11.5 Å². The number of amides is 1. The van der Waals surface area contributed by atoms with Crippen molar-refractivity contribution in [2.24, 2.45) is 5.92 Å². The predicted octanol–water partition coefficient (Wildman–Crippen LogP) is 1.24. The van der Waals surface area contributed by atoms with Gasteiger partial charge in [0.05, 0.1) is 0 Å². The van der Waals surface area contributed by atoms with Crippen LogP contribution in [0.15, 0.2) is 18.2 Å². The first-order valence-corrected chi connectivity index (χ1v) is 7.21. The highest BCUT2D eigenvalue weighted by Crippen LogP contribution is 2.32. The summed E-state index contributed by atoms with van der Waals surface area (Å²) >= 11 is 0. The van der Waals surface area contributed by atoms with Crippen molar-refractivity contribution in [3.63, 3.8) is 0 Å². The van der Waals surface area contributed by atoms with Gasteiger partial charge >= 0.3 is 0 Å². The molecule has 2 saturated heterocycles. The van der Waals surface area contributed by atoms with Crippen LogP contribution in [0.25, 0.3) is 0 Å². The third-order valence-electron chi connectivity index (χ3n) is 4.44. The second-order valence-electron chi connectivity index (χ2n) is 5.89. The Morgan fingerprint density at radius 2 is 2.15 bits per heavy atom. The molecule has 3 heterocycles. The molecule has 0 saturated carbocycles. The topological polar surface area (TPSA) is 50.8 Å². The first-order valence-electron chi connectivity index (χ1n) is 7.21. The molecule has 5 nitrogen and oxygen atoms in total. The minimum absolute atomic E-state index is 0.0178. The van der Waals surface area contributed by atoms with E-state index in [1.807, 2.05) is 0 Å². The number of carbonyl (C=O) groups excluding carboxylic acids is 1. The largest absolute Gasteiger partial charge is 0.454 e. The molecule has 0 spiro atoms.